The molecule has 4 aromatic heterocycles. The highest BCUT2D eigenvalue weighted by Crippen LogP contribution is 2.42. The number of anilines is 6. The molecule has 0 spiro atoms. The van der Waals surface area contributed by atoms with E-state index in [1.165, 1.54) is 31.8 Å². The van der Waals surface area contributed by atoms with Gasteiger partial charge in [-0.15, -0.1) is 11.3 Å². The topological polar surface area (TPSA) is 50.1 Å². The van der Waals surface area contributed by atoms with Crippen molar-refractivity contribution in [3.63, 3.8) is 0 Å². The summed E-state index contributed by atoms with van der Waals surface area (Å²) in [5.74, 6) is 1.70. The van der Waals surface area contributed by atoms with Gasteiger partial charge in [-0.2, -0.15) is 0 Å². The van der Waals surface area contributed by atoms with Gasteiger partial charge in [0.25, 0.3) is 0 Å². The van der Waals surface area contributed by atoms with Gasteiger partial charge in [-0.05, 0) is 143 Å². The van der Waals surface area contributed by atoms with Gasteiger partial charge < -0.3 is 4.57 Å². The molecule has 4 heterocycles. The lowest BCUT2D eigenvalue weighted by Gasteiger charge is -2.25. The van der Waals surface area contributed by atoms with Gasteiger partial charge in [0.05, 0.1) is 21.3 Å². The van der Waals surface area contributed by atoms with E-state index in [0.29, 0.717) is 0 Å². The molecule has 0 aliphatic carbocycles. The Morgan fingerprint density at radius 3 is 1.65 bits per heavy atom. The Kier molecular flexibility index (Phi) is 8.57. The monoisotopic (exact) mass is 812 g/mol. The van der Waals surface area contributed by atoms with E-state index in [1.807, 2.05) is 42.7 Å². The number of thiazole rings is 1. The number of hydrogen-bond acceptors (Lipinski definition) is 6. The summed E-state index contributed by atoms with van der Waals surface area (Å²) in [7, 11) is 0. The fourth-order valence-corrected chi connectivity index (χ4v) is 9.80. The molecule has 0 fully saturated rings. The Morgan fingerprint density at radius 1 is 0.403 bits per heavy atom. The van der Waals surface area contributed by atoms with E-state index >= 15 is 0 Å². The van der Waals surface area contributed by atoms with Gasteiger partial charge >= 0.3 is 0 Å². The average Bonchev–Trinajstić information content (AvgIpc) is 3.92. The molecule has 62 heavy (non-hydrogen) atoms. The second-order valence-corrected chi connectivity index (χ2v) is 16.4. The minimum Gasteiger partial charge on any atom is -0.309 e. The maximum atomic E-state index is 4.90. The number of pyridine rings is 2. The van der Waals surface area contributed by atoms with Crippen molar-refractivity contribution in [1.29, 1.82) is 0 Å². The normalized spacial score (nSPS) is 11.5. The third kappa shape index (κ3) is 6.14. The molecule has 0 atom stereocenters. The minimum atomic E-state index is 0.849. The van der Waals surface area contributed by atoms with Crippen molar-refractivity contribution < 1.29 is 0 Å². The molecular formula is C55H36N6S. The first-order valence-corrected chi connectivity index (χ1v) is 21.5. The van der Waals surface area contributed by atoms with E-state index < -0.39 is 0 Å². The second kappa shape index (κ2) is 14.9. The van der Waals surface area contributed by atoms with E-state index in [2.05, 4.69) is 190 Å². The van der Waals surface area contributed by atoms with E-state index in [9.17, 15) is 0 Å². The van der Waals surface area contributed by atoms with E-state index in [1.54, 1.807) is 11.3 Å². The van der Waals surface area contributed by atoms with E-state index in [-0.39, 0.29) is 0 Å². The highest BCUT2D eigenvalue weighted by atomic mass is 32.1. The Balaban J connectivity index is 0.932. The SMILES string of the molecule is c1ccc(-n2c3ccccc3c3cc(N(c4ccc5c(ccc6cc(N(c7ccc(-c8nc9ccccc9s8)cc7)c7ccccn7)ccc65)c4)c4ccccn4)ccc32)cc1. The summed E-state index contributed by atoms with van der Waals surface area (Å²) in [6.45, 7) is 0. The molecule has 0 saturated heterocycles. The molecular weight excluding hydrogens is 777 g/mol. The van der Waals surface area contributed by atoms with Crippen molar-refractivity contribution in [1.82, 2.24) is 19.5 Å². The standard InChI is InChI=1S/C55H36N6S/c1-2-12-40(13-3-1)61-50-16-6-4-14-47(50)48-36-44(28-31-51(48)61)60(54-19-9-11-33-57-54)43-27-30-46-39(35-43)21-20-38-34-42(26-29-45(38)46)59(53-18-8-10-32-56-53)41-24-22-37(23-25-41)55-58-49-15-5-7-17-52(49)62-55/h1-36H. The first kappa shape index (κ1) is 35.8. The van der Waals surface area contributed by atoms with Gasteiger partial charge in [-0.1, -0.05) is 84.9 Å². The Labute approximate surface area is 361 Å². The molecule has 6 nitrogen and oxygen atoms in total. The van der Waals surface area contributed by atoms with Gasteiger partial charge in [0, 0.05) is 57.2 Å². The van der Waals surface area contributed by atoms with Gasteiger partial charge in [0.1, 0.15) is 16.6 Å². The number of aromatic nitrogens is 4. The first-order valence-electron chi connectivity index (χ1n) is 20.7. The molecule has 292 valence electrons. The quantitative estimate of drug-likeness (QED) is 0.143. The van der Waals surface area contributed by atoms with Crippen molar-refractivity contribution in [2.75, 3.05) is 9.80 Å². The minimum absolute atomic E-state index is 0.849. The van der Waals surface area contributed by atoms with Crippen LogP contribution in [0.15, 0.2) is 219 Å². The van der Waals surface area contributed by atoms with Crippen molar-refractivity contribution in [2.45, 2.75) is 0 Å². The zero-order valence-corrected chi connectivity index (χ0v) is 34.2. The Bertz CT molecular complexity index is 3550. The van der Waals surface area contributed by atoms with Crippen LogP contribution < -0.4 is 9.80 Å². The lowest BCUT2D eigenvalue weighted by molar-refractivity contribution is 1.17. The summed E-state index contributed by atoms with van der Waals surface area (Å²) < 4.78 is 3.54. The summed E-state index contributed by atoms with van der Waals surface area (Å²) in [6.07, 6.45) is 3.71. The largest absolute Gasteiger partial charge is 0.309 e. The molecule has 0 saturated carbocycles. The molecule has 0 N–H and O–H groups in total. The molecule has 0 amide bonds. The molecule has 12 aromatic rings. The lowest BCUT2D eigenvalue weighted by Crippen LogP contribution is -2.11. The second-order valence-electron chi connectivity index (χ2n) is 15.3. The highest BCUT2D eigenvalue weighted by molar-refractivity contribution is 7.21. The van der Waals surface area contributed by atoms with Crippen LogP contribution in [0.5, 0.6) is 0 Å². The maximum absolute atomic E-state index is 4.90. The van der Waals surface area contributed by atoms with Crippen LogP contribution in [0.2, 0.25) is 0 Å². The number of nitrogens with zero attached hydrogens (tertiary/aromatic N) is 6. The fraction of sp³-hybridized carbons (Fsp3) is 0. The molecule has 8 aromatic carbocycles. The first-order chi connectivity index (χ1) is 30.7. The molecule has 0 aliphatic rings. The van der Waals surface area contributed by atoms with Crippen LogP contribution in [0.4, 0.5) is 34.4 Å². The van der Waals surface area contributed by atoms with Crippen LogP contribution in [0, 0.1) is 0 Å². The van der Waals surface area contributed by atoms with Crippen LogP contribution in [-0.2, 0) is 0 Å². The van der Waals surface area contributed by atoms with Crippen LogP contribution in [0.3, 0.4) is 0 Å². The smallest absolute Gasteiger partial charge is 0.137 e. The number of rotatable bonds is 8. The van der Waals surface area contributed by atoms with Crippen molar-refractivity contribution in [3.05, 3.63) is 219 Å². The highest BCUT2D eigenvalue weighted by Gasteiger charge is 2.20. The number of fused-ring (bicyclic) bond motifs is 7. The van der Waals surface area contributed by atoms with Crippen molar-refractivity contribution >= 4 is 99.3 Å². The molecule has 0 aliphatic heterocycles. The van der Waals surface area contributed by atoms with Crippen LogP contribution in [0.25, 0.3) is 69.8 Å². The lowest BCUT2D eigenvalue weighted by atomic mass is 10.00. The maximum Gasteiger partial charge on any atom is 0.137 e. The predicted molar refractivity (Wildman–Crippen MR) is 259 cm³/mol. The van der Waals surface area contributed by atoms with Crippen LogP contribution in [-0.4, -0.2) is 19.5 Å². The van der Waals surface area contributed by atoms with Crippen LogP contribution in [0.1, 0.15) is 0 Å². The zero-order chi connectivity index (χ0) is 41.0. The summed E-state index contributed by atoms with van der Waals surface area (Å²) in [5.41, 5.74) is 9.74. The number of benzene rings is 8. The van der Waals surface area contributed by atoms with Gasteiger partial charge in [0.15, 0.2) is 0 Å². The van der Waals surface area contributed by atoms with Crippen molar-refractivity contribution in [2.24, 2.45) is 0 Å². The Hall–Kier alpha value is -8.13. The third-order valence-corrected chi connectivity index (χ3v) is 12.8. The fourth-order valence-electron chi connectivity index (χ4n) is 8.83. The zero-order valence-electron chi connectivity index (χ0n) is 33.4. The van der Waals surface area contributed by atoms with Crippen LogP contribution >= 0.6 is 11.3 Å². The third-order valence-electron chi connectivity index (χ3n) is 11.7. The Morgan fingerprint density at radius 2 is 0.968 bits per heavy atom. The summed E-state index contributed by atoms with van der Waals surface area (Å²) >= 11 is 1.72. The summed E-state index contributed by atoms with van der Waals surface area (Å²) in [4.78, 5) is 19.0. The molecule has 0 bridgehead atoms. The average molecular weight is 813 g/mol. The van der Waals surface area contributed by atoms with Gasteiger partial charge in [-0.3, -0.25) is 9.80 Å². The summed E-state index contributed by atoms with van der Waals surface area (Å²) in [5, 5.41) is 8.08. The number of para-hydroxylation sites is 3. The van der Waals surface area contributed by atoms with E-state index in [4.69, 9.17) is 15.0 Å². The van der Waals surface area contributed by atoms with Gasteiger partial charge in [0.2, 0.25) is 0 Å². The number of hydrogen-bond donors (Lipinski definition) is 0. The summed E-state index contributed by atoms with van der Waals surface area (Å²) in [6, 6.07) is 73.0. The van der Waals surface area contributed by atoms with Gasteiger partial charge in [-0.25, -0.2) is 15.0 Å². The van der Waals surface area contributed by atoms with E-state index in [0.717, 1.165) is 72.4 Å². The molecule has 12 rings (SSSR count). The predicted octanol–water partition coefficient (Wildman–Crippen LogP) is 15.1. The van der Waals surface area contributed by atoms with Crippen molar-refractivity contribution in [3.8, 4) is 16.3 Å². The molecule has 0 radical (unpaired) electrons. The molecule has 0 unspecified atom stereocenters. The molecule has 7 heteroatoms.